The Kier molecular flexibility index (Phi) is 7.96. The molecule has 7 nitrogen and oxygen atoms in total. The van der Waals surface area contributed by atoms with Gasteiger partial charge in [-0.2, -0.15) is 4.31 Å². The maximum absolute atomic E-state index is 13.6. The van der Waals surface area contributed by atoms with Gasteiger partial charge in [-0.3, -0.25) is 4.79 Å². The van der Waals surface area contributed by atoms with E-state index in [1.165, 1.54) is 4.31 Å². The lowest BCUT2D eigenvalue weighted by Gasteiger charge is -2.37. The van der Waals surface area contributed by atoms with E-state index in [1.807, 2.05) is 62.4 Å². The van der Waals surface area contributed by atoms with Gasteiger partial charge in [0.25, 0.3) is 0 Å². The molecule has 1 saturated heterocycles. The minimum absolute atomic E-state index is 0.133. The maximum Gasteiger partial charge on any atom is 0.243 e. The summed E-state index contributed by atoms with van der Waals surface area (Å²) in [7, 11) is -2.22. The topological polar surface area (TPSA) is 70.2 Å². The number of aryl methyl sites for hydroxylation is 2. The highest BCUT2D eigenvalue weighted by Crippen LogP contribution is 2.22. The molecule has 0 bridgehead atoms. The normalized spacial score (nSPS) is 14.2. The summed E-state index contributed by atoms with van der Waals surface area (Å²) < 4.78 is 33.6. The fourth-order valence-electron chi connectivity index (χ4n) is 4.24. The van der Waals surface area contributed by atoms with Gasteiger partial charge in [0.1, 0.15) is 5.75 Å². The second-order valence-electron chi connectivity index (χ2n) is 9.14. The van der Waals surface area contributed by atoms with Crippen LogP contribution in [-0.4, -0.2) is 63.4 Å². The molecule has 1 heterocycles. The molecule has 1 aliphatic heterocycles. The number of hydrogen-bond acceptors (Lipinski definition) is 5. The van der Waals surface area contributed by atoms with Gasteiger partial charge >= 0.3 is 0 Å². The Bertz CT molecular complexity index is 1270. The number of carbonyl (C=O) groups excluding carboxylic acids is 1. The lowest BCUT2D eigenvalue weighted by atomic mass is 10.1. The zero-order valence-corrected chi connectivity index (χ0v) is 21.9. The Hall–Kier alpha value is -3.36. The van der Waals surface area contributed by atoms with E-state index in [2.05, 4.69) is 4.90 Å². The van der Waals surface area contributed by atoms with Crippen LogP contribution in [0.2, 0.25) is 0 Å². The summed E-state index contributed by atoms with van der Waals surface area (Å²) in [6.07, 6.45) is 0. The van der Waals surface area contributed by atoms with Crippen LogP contribution >= 0.6 is 0 Å². The van der Waals surface area contributed by atoms with Crippen molar-refractivity contribution in [2.45, 2.75) is 25.3 Å². The summed E-state index contributed by atoms with van der Waals surface area (Å²) in [5, 5.41) is 0. The molecule has 0 unspecified atom stereocenters. The Morgan fingerprint density at radius 1 is 0.833 bits per heavy atom. The first-order valence-electron chi connectivity index (χ1n) is 12.1. The first kappa shape index (κ1) is 25.7. The third kappa shape index (κ3) is 6.06. The molecule has 0 aliphatic carbocycles. The monoisotopic (exact) mass is 507 g/mol. The number of benzene rings is 3. The number of sulfonamides is 1. The molecule has 1 aliphatic rings. The summed E-state index contributed by atoms with van der Waals surface area (Å²) in [4.78, 5) is 17.5. The third-order valence-corrected chi connectivity index (χ3v) is 8.33. The average molecular weight is 508 g/mol. The summed E-state index contributed by atoms with van der Waals surface area (Å²) in [5.74, 6) is 0.614. The fraction of sp³-hybridized carbons (Fsp3) is 0.321. The molecular weight excluding hydrogens is 474 g/mol. The van der Waals surface area contributed by atoms with Crippen molar-refractivity contribution in [3.63, 3.8) is 0 Å². The molecule has 3 aromatic rings. The molecule has 0 N–H and O–H groups in total. The average Bonchev–Trinajstić information content (AvgIpc) is 2.90. The fourth-order valence-corrected chi connectivity index (χ4v) is 5.62. The van der Waals surface area contributed by atoms with E-state index in [1.54, 1.807) is 36.3 Å². The number of rotatable bonds is 8. The van der Waals surface area contributed by atoms with Crippen molar-refractivity contribution in [1.29, 1.82) is 0 Å². The summed E-state index contributed by atoms with van der Waals surface area (Å²) >= 11 is 0. The SMILES string of the molecule is COc1ccc(N2CCN(C(=O)CN(Cc3ccc(C)cc3)S(=O)(=O)c3ccc(C)cc3)CC2)cc1. The maximum atomic E-state index is 13.6. The van der Waals surface area contributed by atoms with Crippen LogP contribution in [0.25, 0.3) is 0 Å². The molecule has 36 heavy (non-hydrogen) atoms. The first-order valence-corrected chi connectivity index (χ1v) is 13.5. The van der Waals surface area contributed by atoms with E-state index in [-0.39, 0.29) is 23.9 Å². The molecule has 0 saturated carbocycles. The van der Waals surface area contributed by atoms with Crippen LogP contribution in [0.5, 0.6) is 5.75 Å². The third-order valence-electron chi connectivity index (χ3n) is 6.52. The van der Waals surface area contributed by atoms with Gasteiger partial charge in [-0.25, -0.2) is 8.42 Å². The van der Waals surface area contributed by atoms with Crippen LogP contribution < -0.4 is 9.64 Å². The number of carbonyl (C=O) groups is 1. The van der Waals surface area contributed by atoms with Crippen molar-refractivity contribution in [3.8, 4) is 5.75 Å². The lowest BCUT2D eigenvalue weighted by Crippen LogP contribution is -2.51. The van der Waals surface area contributed by atoms with Gasteiger partial charge < -0.3 is 14.5 Å². The van der Waals surface area contributed by atoms with Gasteiger partial charge in [-0.05, 0) is 55.8 Å². The van der Waals surface area contributed by atoms with Gasteiger partial charge in [-0.15, -0.1) is 0 Å². The minimum atomic E-state index is -3.86. The van der Waals surface area contributed by atoms with Crippen LogP contribution in [-0.2, 0) is 21.4 Å². The lowest BCUT2D eigenvalue weighted by molar-refractivity contribution is -0.131. The van der Waals surface area contributed by atoms with Crippen molar-refractivity contribution in [2.24, 2.45) is 0 Å². The number of anilines is 1. The van der Waals surface area contributed by atoms with Gasteiger partial charge in [0.05, 0.1) is 18.6 Å². The van der Waals surface area contributed by atoms with Gasteiger partial charge in [0.15, 0.2) is 0 Å². The molecule has 8 heteroatoms. The first-order chi connectivity index (χ1) is 17.3. The molecule has 0 atom stereocenters. The predicted molar refractivity (Wildman–Crippen MR) is 142 cm³/mol. The smallest absolute Gasteiger partial charge is 0.243 e. The molecule has 4 rings (SSSR count). The quantitative estimate of drug-likeness (QED) is 0.463. The van der Waals surface area contributed by atoms with Crippen LogP contribution in [0.3, 0.4) is 0 Å². The number of ether oxygens (including phenoxy) is 1. The minimum Gasteiger partial charge on any atom is -0.497 e. The van der Waals surface area contributed by atoms with Crippen molar-refractivity contribution in [3.05, 3.63) is 89.5 Å². The van der Waals surface area contributed by atoms with E-state index < -0.39 is 10.0 Å². The summed E-state index contributed by atoms with van der Waals surface area (Å²) in [5.41, 5.74) is 3.99. The summed E-state index contributed by atoms with van der Waals surface area (Å²) in [6.45, 7) is 6.26. The van der Waals surface area contributed by atoms with Crippen LogP contribution in [0.4, 0.5) is 5.69 Å². The van der Waals surface area contributed by atoms with E-state index >= 15 is 0 Å². The van der Waals surface area contributed by atoms with E-state index in [4.69, 9.17) is 4.74 Å². The zero-order chi connectivity index (χ0) is 25.7. The van der Waals surface area contributed by atoms with Crippen LogP contribution in [0.15, 0.2) is 77.7 Å². The number of methoxy groups -OCH3 is 1. The van der Waals surface area contributed by atoms with E-state index in [0.717, 1.165) is 28.1 Å². The van der Waals surface area contributed by atoms with Gasteiger partial charge in [-0.1, -0.05) is 47.5 Å². The van der Waals surface area contributed by atoms with Crippen molar-refractivity contribution >= 4 is 21.6 Å². The molecule has 1 fully saturated rings. The van der Waals surface area contributed by atoms with Crippen LogP contribution in [0, 0.1) is 13.8 Å². The molecule has 0 aromatic heterocycles. The Balaban J connectivity index is 1.47. The molecule has 1 amide bonds. The van der Waals surface area contributed by atoms with Crippen LogP contribution in [0.1, 0.15) is 16.7 Å². The Morgan fingerprint density at radius 2 is 1.39 bits per heavy atom. The zero-order valence-electron chi connectivity index (χ0n) is 21.1. The highest BCUT2D eigenvalue weighted by atomic mass is 32.2. The Labute approximate surface area is 214 Å². The van der Waals surface area contributed by atoms with Gasteiger partial charge in [0, 0.05) is 38.4 Å². The molecular formula is C28H33N3O4S. The summed E-state index contributed by atoms with van der Waals surface area (Å²) in [6, 6.07) is 22.3. The number of piperazine rings is 1. The van der Waals surface area contributed by atoms with Crippen molar-refractivity contribution < 1.29 is 17.9 Å². The van der Waals surface area contributed by atoms with E-state index in [0.29, 0.717) is 26.2 Å². The highest BCUT2D eigenvalue weighted by molar-refractivity contribution is 7.89. The molecule has 190 valence electrons. The van der Waals surface area contributed by atoms with E-state index in [9.17, 15) is 13.2 Å². The van der Waals surface area contributed by atoms with Crippen molar-refractivity contribution in [2.75, 3.05) is 44.7 Å². The molecule has 0 radical (unpaired) electrons. The largest absolute Gasteiger partial charge is 0.497 e. The van der Waals surface area contributed by atoms with Crippen molar-refractivity contribution in [1.82, 2.24) is 9.21 Å². The number of amides is 1. The number of nitrogens with zero attached hydrogens (tertiary/aromatic N) is 3. The molecule has 3 aromatic carbocycles. The second kappa shape index (κ2) is 11.1. The van der Waals surface area contributed by atoms with Gasteiger partial charge in [0.2, 0.25) is 15.9 Å². The highest BCUT2D eigenvalue weighted by Gasteiger charge is 2.30. The standard InChI is InChI=1S/C28H33N3O4S/c1-22-4-8-24(9-5-22)20-31(36(33,34)27-14-6-23(2)7-15-27)21-28(32)30-18-16-29(17-19-30)25-10-12-26(35-3)13-11-25/h4-15H,16-21H2,1-3H3. The predicted octanol–water partition coefficient (Wildman–Crippen LogP) is 3.85. The second-order valence-corrected chi connectivity index (χ2v) is 11.1. The Morgan fingerprint density at radius 3 is 1.94 bits per heavy atom. The number of hydrogen-bond donors (Lipinski definition) is 0. The molecule has 0 spiro atoms.